The van der Waals surface area contributed by atoms with Gasteiger partial charge < -0.3 is 4.42 Å². The molecule has 90 valence electrons. The number of hydrogen-bond acceptors (Lipinski definition) is 2. The van der Waals surface area contributed by atoms with Crippen molar-refractivity contribution in [2.24, 2.45) is 0 Å². The number of benzene rings is 2. The lowest BCUT2D eigenvalue weighted by molar-refractivity contribution is 0.568. The summed E-state index contributed by atoms with van der Waals surface area (Å²) in [5, 5.41) is 8.78. The molecule has 0 N–H and O–H groups in total. The molecule has 3 rings (SSSR count). The molecule has 2 nitrogen and oxygen atoms in total. The van der Waals surface area contributed by atoms with Crippen molar-refractivity contribution >= 4 is 0 Å². The van der Waals surface area contributed by atoms with Gasteiger partial charge in [0, 0.05) is 5.56 Å². The highest BCUT2D eigenvalue weighted by Gasteiger charge is 2.01. The Morgan fingerprint density at radius 3 is 1.68 bits per heavy atom. The summed E-state index contributed by atoms with van der Waals surface area (Å²) in [5.74, 6) is 0. The fraction of sp³-hybridized carbons (Fsp3) is 0. The average molecular weight is 245 g/mol. The zero-order valence-electron chi connectivity index (χ0n) is 10.2. The molecule has 0 saturated carbocycles. The number of hydrogen-bond donors (Lipinski definition) is 0. The largest absolute Gasteiger partial charge is 0.472 e. The first-order valence-corrected chi connectivity index (χ1v) is 6.00. The summed E-state index contributed by atoms with van der Waals surface area (Å²) < 4.78 is 5.08. The molecule has 0 aliphatic heterocycles. The zero-order valence-corrected chi connectivity index (χ0v) is 10.2. The van der Waals surface area contributed by atoms with Gasteiger partial charge in [-0.1, -0.05) is 36.4 Å². The van der Waals surface area contributed by atoms with Gasteiger partial charge in [-0.05, 0) is 34.9 Å². The molecule has 3 aromatic rings. The summed E-state index contributed by atoms with van der Waals surface area (Å²) in [6, 6.07) is 19.9. The van der Waals surface area contributed by atoms with Crippen LogP contribution < -0.4 is 0 Å². The molecule has 2 aromatic carbocycles. The third-order valence-electron chi connectivity index (χ3n) is 3.09. The highest BCUT2D eigenvalue weighted by Crippen LogP contribution is 2.25. The number of rotatable bonds is 2. The monoisotopic (exact) mass is 245 g/mol. The van der Waals surface area contributed by atoms with Gasteiger partial charge in [0.2, 0.25) is 0 Å². The van der Waals surface area contributed by atoms with Crippen molar-refractivity contribution in [3.63, 3.8) is 0 Å². The number of furan rings is 1. The van der Waals surface area contributed by atoms with Gasteiger partial charge in [0.1, 0.15) is 0 Å². The summed E-state index contributed by atoms with van der Waals surface area (Å²) in [6.45, 7) is 0. The van der Waals surface area contributed by atoms with Crippen LogP contribution in [-0.4, -0.2) is 0 Å². The van der Waals surface area contributed by atoms with E-state index in [2.05, 4.69) is 30.3 Å². The van der Waals surface area contributed by atoms with Crippen LogP contribution in [0.25, 0.3) is 22.3 Å². The molecule has 2 heteroatoms. The maximum atomic E-state index is 8.78. The van der Waals surface area contributed by atoms with E-state index in [0.29, 0.717) is 5.56 Å². The van der Waals surface area contributed by atoms with Gasteiger partial charge >= 0.3 is 0 Å². The Morgan fingerprint density at radius 1 is 0.684 bits per heavy atom. The Kier molecular flexibility index (Phi) is 2.88. The second-order valence-electron chi connectivity index (χ2n) is 4.28. The van der Waals surface area contributed by atoms with Crippen LogP contribution in [0, 0.1) is 11.3 Å². The molecule has 0 saturated heterocycles. The summed E-state index contributed by atoms with van der Waals surface area (Å²) in [6.07, 6.45) is 3.40. The van der Waals surface area contributed by atoms with E-state index >= 15 is 0 Å². The second-order valence-corrected chi connectivity index (χ2v) is 4.28. The molecule has 0 aliphatic carbocycles. The maximum Gasteiger partial charge on any atom is 0.0991 e. The Bertz CT molecular complexity index is 701. The van der Waals surface area contributed by atoms with Crippen LogP contribution >= 0.6 is 0 Å². The molecular formula is C17H11NO. The summed E-state index contributed by atoms with van der Waals surface area (Å²) in [7, 11) is 0. The topological polar surface area (TPSA) is 36.9 Å². The molecule has 0 aliphatic rings. The van der Waals surface area contributed by atoms with Crippen LogP contribution in [0.5, 0.6) is 0 Å². The fourth-order valence-corrected chi connectivity index (χ4v) is 2.02. The van der Waals surface area contributed by atoms with Crippen LogP contribution in [0.2, 0.25) is 0 Å². The Hall–Kier alpha value is -2.79. The van der Waals surface area contributed by atoms with E-state index in [1.807, 2.05) is 30.3 Å². The highest BCUT2D eigenvalue weighted by molar-refractivity contribution is 5.70. The van der Waals surface area contributed by atoms with Crippen molar-refractivity contribution in [1.82, 2.24) is 0 Å². The molecule has 0 fully saturated rings. The van der Waals surface area contributed by atoms with Crippen molar-refractivity contribution < 1.29 is 4.42 Å². The van der Waals surface area contributed by atoms with Gasteiger partial charge in [-0.2, -0.15) is 5.26 Å². The normalized spacial score (nSPS) is 10.1. The Labute approximate surface area is 111 Å². The van der Waals surface area contributed by atoms with E-state index in [-0.39, 0.29) is 0 Å². The molecule has 0 radical (unpaired) electrons. The van der Waals surface area contributed by atoms with E-state index < -0.39 is 0 Å². The number of nitriles is 1. The SMILES string of the molecule is N#Cc1ccc(-c2ccc(-c3ccoc3)cc2)cc1. The van der Waals surface area contributed by atoms with Crippen molar-refractivity contribution in [1.29, 1.82) is 5.26 Å². The quantitative estimate of drug-likeness (QED) is 0.667. The lowest BCUT2D eigenvalue weighted by atomic mass is 10.0. The lowest BCUT2D eigenvalue weighted by Crippen LogP contribution is -1.80. The van der Waals surface area contributed by atoms with E-state index in [9.17, 15) is 0 Å². The average Bonchev–Trinajstić information content (AvgIpc) is 3.02. The molecular weight excluding hydrogens is 234 g/mol. The van der Waals surface area contributed by atoms with Gasteiger partial charge in [-0.15, -0.1) is 0 Å². The maximum absolute atomic E-state index is 8.78. The third-order valence-corrected chi connectivity index (χ3v) is 3.09. The standard InChI is InChI=1S/C17H11NO/c18-11-13-1-3-14(4-2-13)15-5-7-16(8-6-15)17-9-10-19-12-17/h1-10,12H. The first-order valence-electron chi connectivity index (χ1n) is 6.00. The lowest BCUT2D eigenvalue weighted by Gasteiger charge is -2.03. The molecule has 0 spiro atoms. The predicted molar refractivity (Wildman–Crippen MR) is 74.3 cm³/mol. The van der Waals surface area contributed by atoms with Gasteiger partial charge in [0.05, 0.1) is 24.2 Å². The summed E-state index contributed by atoms with van der Waals surface area (Å²) in [5.41, 5.74) is 5.13. The molecule has 0 atom stereocenters. The second kappa shape index (κ2) is 4.83. The number of nitrogens with zero attached hydrogens (tertiary/aromatic N) is 1. The predicted octanol–water partition coefficient (Wildman–Crippen LogP) is 4.49. The molecule has 1 aromatic heterocycles. The first-order chi connectivity index (χ1) is 9.36. The van der Waals surface area contributed by atoms with Crippen LogP contribution in [-0.2, 0) is 0 Å². The molecule has 0 unspecified atom stereocenters. The minimum atomic E-state index is 0.679. The third kappa shape index (κ3) is 2.27. The van der Waals surface area contributed by atoms with Gasteiger partial charge in [0.15, 0.2) is 0 Å². The Morgan fingerprint density at radius 2 is 1.21 bits per heavy atom. The van der Waals surface area contributed by atoms with Crippen LogP contribution in [0.15, 0.2) is 71.5 Å². The van der Waals surface area contributed by atoms with E-state index in [0.717, 1.165) is 22.3 Å². The first kappa shape index (κ1) is 11.3. The smallest absolute Gasteiger partial charge is 0.0991 e. The van der Waals surface area contributed by atoms with E-state index in [1.165, 1.54) is 0 Å². The highest BCUT2D eigenvalue weighted by atomic mass is 16.3. The van der Waals surface area contributed by atoms with Crippen LogP contribution in [0.3, 0.4) is 0 Å². The molecule has 19 heavy (non-hydrogen) atoms. The van der Waals surface area contributed by atoms with E-state index in [1.54, 1.807) is 12.5 Å². The van der Waals surface area contributed by atoms with Gasteiger partial charge in [-0.25, -0.2) is 0 Å². The van der Waals surface area contributed by atoms with Gasteiger partial charge in [0.25, 0.3) is 0 Å². The molecule has 0 bridgehead atoms. The minimum Gasteiger partial charge on any atom is -0.472 e. The van der Waals surface area contributed by atoms with Crippen molar-refractivity contribution in [3.8, 4) is 28.3 Å². The van der Waals surface area contributed by atoms with E-state index in [4.69, 9.17) is 9.68 Å². The van der Waals surface area contributed by atoms with Crippen molar-refractivity contribution in [2.75, 3.05) is 0 Å². The fourth-order valence-electron chi connectivity index (χ4n) is 2.02. The summed E-state index contributed by atoms with van der Waals surface area (Å²) >= 11 is 0. The van der Waals surface area contributed by atoms with Crippen molar-refractivity contribution in [2.45, 2.75) is 0 Å². The summed E-state index contributed by atoms with van der Waals surface area (Å²) in [4.78, 5) is 0. The Balaban J connectivity index is 1.92. The molecule has 0 amide bonds. The van der Waals surface area contributed by atoms with Crippen LogP contribution in [0.4, 0.5) is 0 Å². The molecule has 1 heterocycles. The zero-order chi connectivity index (χ0) is 13.1. The minimum absolute atomic E-state index is 0.679. The van der Waals surface area contributed by atoms with Crippen molar-refractivity contribution in [3.05, 3.63) is 72.7 Å². The van der Waals surface area contributed by atoms with Gasteiger partial charge in [-0.3, -0.25) is 0 Å². The van der Waals surface area contributed by atoms with Crippen LogP contribution in [0.1, 0.15) is 5.56 Å².